The highest BCUT2D eigenvalue weighted by Gasteiger charge is 2.12. The van der Waals surface area contributed by atoms with E-state index >= 15 is 0 Å². The van der Waals surface area contributed by atoms with E-state index in [4.69, 9.17) is 10.3 Å². The molecule has 1 unspecified atom stereocenters. The SMILES string of the molecule is CCCSCc1noc(CC(N)c2ccccc2)n1. The molecule has 102 valence electrons. The molecule has 0 saturated heterocycles. The van der Waals surface area contributed by atoms with Crippen LogP contribution < -0.4 is 5.73 Å². The minimum atomic E-state index is -0.0993. The minimum absolute atomic E-state index is 0.0993. The standard InChI is InChI=1S/C14H19N3OS/c1-2-8-19-10-13-16-14(18-17-13)9-12(15)11-6-4-3-5-7-11/h3-7,12H,2,8-10,15H2,1H3. The van der Waals surface area contributed by atoms with Crippen LogP contribution in [0.25, 0.3) is 0 Å². The molecule has 1 aromatic heterocycles. The van der Waals surface area contributed by atoms with Crippen molar-refractivity contribution in [3.63, 3.8) is 0 Å². The van der Waals surface area contributed by atoms with Crippen molar-refractivity contribution >= 4 is 11.8 Å². The molecule has 0 saturated carbocycles. The van der Waals surface area contributed by atoms with Crippen LogP contribution in [0.3, 0.4) is 0 Å². The van der Waals surface area contributed by atoms with Gasteiger partial charge >= 0.3 is 0 Å². The maximum absolute atomic E-state index is 6.12. The predicted octanol–water partition coefficient (Wildman–Crippen LogP) is 2.96. The van der Waals surface area contributed by atoms with Crippen LogP contribution in [0.15, 0.2) is 34.9 Å². The van der Waals surface area contributed by atoms with E-state index in [2.05, 4.69) is 17.1 Å². The highest BCUT2D eigenvalue weighted by molar-refractivity contribution is 7.98. The largest absolute Gasteiger partial charge is 0.339 e. The second-order valence-corrected chi connectivity index (χ2v) is 5.48. The van der Waals surface area contributed by atoms with Gasteiger partial charge < -0.3 is 10.3 Å². The van der Waals surface area contributed by atoms with Crippen LogP contribution in [0.1, 0.15) is 36.7 Å². The highest BCUT2D eigenvalue weighted by Crippen LogP contribution is 2.16. The lowest BCUT2D eigenvalue weighted by Crippen LogP contribution is -2.13. The maximum Gasteiger partial charge on any atom is 0.228 e. The number of benzene rings is 1. The van der Waals surface area contributed by atoms with Gasteiger partial charge in [-0.1, -0.05) is 42.4 Å². The van der Waals surface area contributed by atoms with Gasteiger partial charge in [-0.15, -0.1) is 0 Å². The van der Waals surface area contributed by atoms with Gasteiger partial charge in [-0.2, -0.15) is 16.7 Å². The van der Waals surface area contributed by atoms with Crippen molar-refractivity contribution < 1.29 is 4.52 Å². The number of hydrogen-bond acceptors (Lipinski definition) is 5. The quantitative estimate of drug-likeness (QED) is 0.788. The van der Waals surface area contributed by atoms with Gasteiger partial charge in [0.2, 0.25) is 5.89 Å². The van der Waals surface area contributed by atoms with E-state index in [0.29, 0.717) is 12.3 Å². The van der Waals surface area contributed by atoms with E-state index in [1.54, 1.807) is 0 Å². The lowest BCUT2D eigenvalue weighted by atomic mass is 10.1. The molecule has 0 aliphatic rings. The Morgan fingerprint density at radius 2 is 2.11 bits per heavy atom. The summed E-state index contributed by atoms with van der Waals surface area (Å²) in [6, 6.07) is 9.87. The van der Waals surface area contributed by atoms with Gasteiger partial charge in [-0.25, -0.2) is 0 Å². The van der Waals surface area contributed by atoms with Crippen molar-refractivity contribution in [1.82, 2.24) is 10.1 Å². The maximum atomic E-state index is 6.12. The topological polar surface area (TPSA) is 64.9 Å². The molecule has 19 heavy (non-hydrogen) atoms. The Bertz CT molecular complexity index is 486. The van der Waals surface area contributed by atoms with Gasteiger partial charge in [0.15, 0.2) is 5.82 Å². The minimum Gasteiger partial charge on any atom is -0.339 e. The Kier molecular flexibility index (Phi) is 5.42. The molecular formula is C14H19N3OS. The lowest BCUT2D eigenvalue weighted by Gasteiger charge is -2.08. The van der Waals surface area contributed by atoms with Gasteiger partial charge in [-0.05, 0) is 17.7 Å². The smallest absolute Gasteiger partial charge is 0.228 e. The third kappa shape index (κ3) is 4.36. The van der Waals surface area contributed by atoms with E-state index in [0.717, 1.165) is 29.3 Å². The predicted molar refractivity (Wildman–Crippen MR) is 77.8 cm³/mol. The number of nitrogens with two attached hydrogens (primary N) is 1. The van der Waals surface area contributed by atoms with Crippen molar-refractivity contribution in [2.45, 2.75) is 31.6 Å². The molecule has 0 spiro atoms. The molecule has 0 bridgehead atoms. The summed E-state index contributed by atoms with van der Waals surface area (Å²) < 4.78 is 5.23. The first kappa shape index (κ1) is 14.1. The molecule has 2 N–H and O–H groups in total. The molecule has 0 aliphatic carbocycles. The summed E-state index contributed by atoms with van der Waals surface area (Å²) in [5.41, 5.74) is 7.21. The molecule has 1 aromatic carbocycles. The molecule has 1 atom stereocenters. The van der Waals surface area contributed by atoms with Crippen LogP contribution in [0.4, 0.5) is 0 Å². The Morgan fingerprint density at radius 3 is 2.84 bits per heavy atom. The number of thioether (sulfide) groups is 1. The monoisotopic (exact) mass is 277 g/mol. The van der Waals surface area contributed by atoms with Gasteiger partial charge in [0.1, 0.15) is 0 Å². The summed E-state index contributed by atoms with van der Waals surface area (Å²) in [6.45, 7) is 2.16. The fourth-order valence-electron chi connectivity index (χ4n) is 1.75. The number of rotatable bonds is 7. The summed E-state index contributed by atoms with van der Waals surface area (Å²) in [5, 5.41) is 3.97. The van der Waals surface area contributed by atoms with E-state index in [-0.39, 0.29) is 6.04 Å². The van der Waals surface area contributed by atoms with E-state index in [9.17, 15) is 0 Å². The fourth-order valence-corrected chi connectivity index (χ4v) is 2.48. The Balaban J connectivity index is 1.89. The third-order valence-electron chi connectivity index (χ3n) is 2.71. The molecule has 0 radical (unpaired) electrons. The number of aromatic nitrogens is 2. The normalized spacial score (nSPS) is 12.5. The van der Waals surface area contributed by atoms with Crippen LogP contribution in [0, 0.1) is 0 Å². The first-order chi connectivity index (χ1) is 9.29. The highest BCUT2D eigenvalue weighted by atomic mass is 32.2. The Morgan fingerprint density at radius 1 is 1.32 bits per heavy atom. The second-order valence-electron chi connectivity index (χ2n) is 4.38. The molecule has 2 rings (SSSR count). The number of hydrogen-bond donors (Lipinski definition) is 1. The van der Waals surface area contributed by atoms with Crippen molar-refractivity contribution in [3.8, 4) is 0 Å². The van der Waals surface area contributed by atoms with Crippen molar-refractivity contribution in [2.75, 3.05) is 5.75 Å². The molecule has 5 heteroatoms. The number of nitrogens with zero attached hydrogens (tertiary/aromatic N) is 2. The molecule has 1 heterocycles. The van der Waals surface area contributed by atoms with Crippen molar-refractivity contribution in [2.24, 2.45) is 5.73 Å². The van der Waals surface area contributed by atoms with Gasteiger partial charge in [0.05, 0.1) is 5.75 Å². The van der Waals surface area contributed by atoms with Gasteiger partial charge in [0, 0.05) is 12.5 Å². The first-order valence-electron chi connectivity index (χ1n) is 6.49. The average molecular weight is 277 g/mol. The van der Waals surface area contributed by atoms with E-state index in [1.807, 2.05) is 42.1 Å². The molecule has 0 aliphatic heterocycles. The average Bonchev–Trinajstić information content (AvgIpc) is 2.88. The van der Waals surface area contributed by atoms with Gasteiger partial charge in [-0.3, -0.25) is 0 Å². The van der Waals surface area contributed by atoms with E-state index < -0.39 is 0 Å². The van der Waals surface area contributed by atoms with Crippen LogP contribution in [0.2, 0.25) is 0 Å². The second kappa shape index (κ2) is 7.31. The summed E-state index contributed by atoms with van der Waals surface area (Å²) >= 11 is 1.82. The van der Waals surface area contributed by atoms with Crippen LogP contribution in [0.5, 0.6) is 0 Å². The van der Waals surface area contributed by atoms with Gasteiger partial charge in [0.25, 0.3) is 0 Å². The molecule has 2 aromatic rings. The molecule has 0 fully saturated rings. The third-order valence-corrected chi connectivity index (χ3v) is 3.87. The van der Waals surface area contributed by atoms with E-state index in [1.165, 1.54) is 0 Å². The fraction of sp³-hybridized carbons (Fsp3) is 0.429. The van der Waals surface area contributed by atoms with Crippen molar-refractivity contribution in [1.29, 1.82) is 0 Å². The zero-order valence-electron chi connectivity index (χ0n) is 11.1. The summed E-state index contributed by atoms with van der Waals surface area (Å²) in [5.74, 6) is 3.29. The van der Waals surface area contributed by atoms with Crippen LogP contribution in [-0.4, -0.2) is 15.9 Å². The van der Waals surface area contributed by atoms with Crippen LogP contribution in [-0.2, 0) is 12.2 Å². The molecule has 4 nitrogen and oxygen atoms in total. The molecular weight excluding hydrogens is 258 g/mol. The zero-order valence-corrected chi connectivity index (χ0v) is 11.9. The zero-order chi connectivity index (χ0) is 13.5. The van der Waals surface area contributed by atoms with Crippen molar-refractivity contribution in [3.05, 3.63) is 47.6 Å². The summed E-state index contributed by atoms with van der Waals surface area (Å²) in [4.78, 5) is 4.37. The lowest BCUT2D eigenvalue weighted by molar-refractivity contribution is 0.366. The first-order valence-corrected chi connectivity index (χ1v) is 7.64. The summed E-state index contributed by atoms with van der Waals surface area (Å²) in [6.07, 6.45) is 1.74. The Labute approximate surface area is 117 Å². The Hall–Kier alpha value is -1.33. The summed E-state index contributed by atoms with van der Waals surface area (Å²) in [7, 11) is 0. The van der Waals surface area contributed by atoms with Crippen LogP contribution >= 0.6 is 11.8 Å². The molecule has 0 amide bonds.